The van der Waals surface area contributed by atoms with Crippen molar-refractivity contribution in [2.24, 2.45) is 0 Å². The van der Waals surface area contributed by atoms with E-state index < -0.39 is 32.0 Å². The standard InChI is InChI=1S/C10H21NO7P2/c1-10(2)9(20(14,17-5)18-6)8(7-11(10)12)19(13,15-3)16-4/h7-9H,1-6H3. The molecule has 1 aliphatic rings. The van der Waals surface area contributed by atoms with Gasteiger partial charge in [-0.25, -0.2) is 4.74 Å². The zero-order valence-corrected chi connectivity index (χ0v) is 14.2. The average molecular weight is 329 g/mol. The fraction of sp³-hybridized carbons (Fsp3) is 0.900. The molecule has 0 aliphatic carbocycles. The van der Waals surface area contributed by atoms with Crippen molar-refractivity contribution in [2.45, 2.75) is 30.7 Å². The first kappa shape index (κ1) is 17.8. The van der Waals surface area contributed by atoms with Crippen LogP contribution in [0.1, 0.15) is 13.8 Å². The van der Waals surface area contributed by atoms with Crippen molar-refractivity contribution in [3.8, 4) is 0 Å². The third kappa shape index (κ3) is 2.61. The minimum Gasteiger partial charge on any atom is -0.624 e. The van der Waals surface area contributed by atoms with E-state index in [1.165, 1.54) is 28.4 Å². The molecule has 0 saturated carbocycles. The number of nitrogens with zero attached hydrogens (tertiary/aromatic N) is 1. The van der Waals surface area contributed by atoms with Gasteiger partial charge in [0.25, 0.3) is 0 Å². The highest BCUT2D eigenvalue weighted by atomic mass is 31.2. The zero-order chi connectivity index (χ0) is 15.8. The molecule has 0 amide bonds. The lowest BCUT2D eigenvalue weighted by molar-refractivity contribution is -0.526. The summed E-state index contributed by atoms with van der Waals surface area (Å²) < 4.78 is 45.8. The molecule has 20 heavy (non-hydrogen) atoms. The molecule has 1 aliphatic heterocycles. The summed E-state index contributed by atoms with van der Waals surface area (Å²) >= 11 is 0. The van der Waals surface area contributed by atoms with Gasteiger partial charge in [0, 0.05) is 42.3 Å². The summed E-state index contributed by atoms with van der Waals surface area (Å²) in [5, 5.41) is 12.1. The van der Waals surface area contributed by atoms with Crippen molar-refractivity contribution in [3.05, 3.63) is 5.21 Å². The molecule has 0 aromatic carbocycles. The van der Waals surface area contributed by atoms with Crippen LogP contribution in [0.5, 0.6) is 0 Å². The fourth-order valence-corrected chi connectivity index (χ4v) is 6.96. The van der Waals surface area contributed by atoms with E-state index >= 15 is 0 Å². The number of hydrogen-bond acceptors (Lipinski definition) is 7. The van der Waals surface area contributed by atoms with Crippen LogP contribution in [0, 0.1) is 5.21 Å². The average Bonchev–Trinajstić information content (AvgIpc) is 2.68. The van der Waals surface area contributed by atoms with Crippen LogP contribution >= 0.6 is 15.2 Å². The topological polar surface area (TPSA) is 97.1 Å². The second kappa shape index (κ2) is 5.87. The summed E-state index contributed by atoms with van der Waals surface area (Å²) in [5.41, 5.74) is -3.14. The smallest absolute Gasteiger partial charge is 0.344 e. The first-order valence-corrected chi connectivity index (χ1v) is 9.09. The van der Waals surface area contributed by atoms with Gasteiger partial charge in [-0.15, -0.1) is 0 Å². The van der Waals surface area contributed by atoms with Gasteiger partial charge in [-0.2, -0.15) is 0 Å². The van der Waals surface area contributed by atoms with Crippen LogP contribution in [0.15, 0.2) is 0 Å². The van der Waals surface area contributed by atoms with Gasteiger partial charge in [-0.3, -0.25) is 9.13 Å². The van der Waals surface area contributed by atoms with Gasteiger partial charge < -0.3 is 23.3 Å². The highest BCUT2D eigenvalue weighted by molar-refractivity contribution is 7.60. The molecule has 10 heteroatoms. The van der Waals surface area contributed by atoms with Gasteiger partial charge >= 0.3 is 15.2 Å². The highest BCUT2D eigenvalue weighted by Gasteiger charge is 2.64. The Kier molecular flexibility index (Phi) is 5.23. The van der Waals surface area contributed by atoms with Crippen molar-refractivity contribution in [3.63, 3.8) is 0 Å². The molecule has 118 valence electrons. The Morgan fingerprint density at radius 3 is 1.75 bits per heavy atom. The van der Waals surface area contributed by atoms with E-state index in [1.807, 2.05) is 0 Å². The Morgan fingerprint density at radius 1 is 1.00 bits per heavy atom. The lowest BCUT2D eigenvalue weighted by Gasteiger charge is -2.33. The molecule has 1 heterocycles. The lowest BCUT2D eigenvalue weighted by Crippen LogP contribution is -2.43. The second-order valence-corrected chi connectivity index (χ2v) is 9.65. The molecule has 0 N–H and O–H groups in total. The normalized spacial score (nSPS) is 26.6. The van der Waals surface area contributed by atoms with Crippen LogP contribution in [-0.4, -0.2) is 56.2 Å². The van der Waals surface area contributed by atoms with Gasteiger partial charge in [0.05, 0.1) is 0 Å². The molecule has 2 unspecified atom stereocenters. The van der Waals surface area contributed by atoms with Gasteiger partial charge in [-0.1, -0.05) is 0 Å². The molecule has 1 rings (SSSR count). The van der Waals surface area contributed by atoms with E-state index in [-0.39, 0.29) is 0 Å². The Hall–Kier alpha value is -0.230. The predicted molar refractivity (Wildman–Crippen MR) is 74.6 cm³/mol. The first-order chi connectivity index (χ1) is 9.12. The Bertz CT molecular complexity index is 474. The van der Waals surface area contributed by atoms with Crippen LogP contribution in [0.3, 0.4) is 0 Å². The molecular weight excluding hydrogens is 308 g/mol. The second-order valence-electron chi connectivity index (χ2n) is 4.87. The summed E-state index contributed by atoms with van der Waals surface area (Å²) in [6.07, 6.45) is 1.16. The van der Waals surface area contributed by atoms with Crippen molar-refractivity contribution >= 4 is 21.4 Å². The predicted octanol–water partition coefficient (Wildman–Crippen LogP) is 2.07. The Labute approximate surface area is 118 Å². The zero-order valence-electron chi connectivity index (χ0n) is 12.4. The number of rotatable bonds is 6. The third-order valence-electron chi connectivity index (χ3n) is 3.63. The van der Waals surface area contributed by atoms with Crippen LogP contribution in [-0.2, 0) is 27.2 Å². The molecule has 0 radical (unpaired) electrons. The van der Waals surface area contributed by atoms with Crippen LogP contribution < -0.4 is 0 Å². The van der Waals surface area contributed by atoms with Gasteiger partial charge in [0.15, 0.2) is 17.4 Å². The maximum absolute atomic E-state index is 12.7. The fourth-order valence-electron chi connectivity index (χ4n) is 2.41. The van der Waals surface area contributed by atoms with Crippen molar-refractivity contribution in [2.75, 3.05) is 28.4 Å². The summed E-state index contributed by atoms with van der Waals surface area (Å²) in [6, 6.07) is 0. The van der Waals surface area contributed by atoms with Gasteiger partial charge in [0.1, 0.15) is 5.66 Å². The molecule has 0 spiro atoms. The molecular formula is C10H21NO7P2. The molecule has 0 aromatic heterocycles. The number of hydrogen-bond donors (Lipinski definition) is 0. The Balaban J connectivity index is 3.44. The van der Waals surface area contributed by atoms with E-state index in [0.717, 1.165) is 6.21 Å². The van der Waals surface area contributed by atoms with Crippen molar-refractivity contribution in [1.29, 1.82) is 0 Å². The largest absolute Gasteiger partial charge is 0.624 e. The summed E-state index contributed by atoms with van der Waals surface area (Å²) in [4.78, 5) is 0. The molecule has 8 nitrogen and oxygen atoms in total. The Morgan fingerprint density at radius 2 is 1.40 bits per heavy atom. The minimum absolute atomic E-state index is 0.595. The maximum atomic E-state index is 12.7. The maximum Gasteiger partial charge on any atom is 0.344 e. The lowest BCUT2D eigenvalue weighted by atomic mass is 10.0. The quantitative estimate of drug-likeness (QED) is 0.418. The minimum atomic E-state index is -3.67. The molecule has 2 atom stereocenters. The van der Waals surface area contributed by atoms with E-state index in [4.69, 9.17) is 18.1 Å². The highest BCUT2D eigenvalue weighted by Crippen LogP contribution is 2.66. The monoisotopic (exact) mass is 329 g/mol. The van der Waals surface area contributed by atoms with Crippen LogP contribution in [0.4, 0.5) is 0 Å². The number of hydroxylamine groups is 1. The molecule has 0 aromatic rings. The van der Waals surface area contributed by atoms with E-state index in [2.05, 4.69) is 0 Å². The van der Waals surface area contributed by atoms with Gasteiger partial charge in [-0.05, 0) is 0 Å². The summed E-state index contributed by atoms with van der Waals surface area (Å²) in [6.45, 7) is 3.14. The SMILES string of the molecule is COP(=O)(OC)C1C=[N+]([O-])C(C)(C)C1P(=O)(OC)OC. The van der Waals surface area contributed by atoms with Crippen LogP contribution in [0.25, 0.3) is 0 Å². The van der Waals surface area contributed by atoms with E-state index in [0.29, 0.717) is 4.74 Å². The summed E-state index contributed by atoms with van der Waals surface area (Å²) in [5.74, 6) is 0. The van der Waals surface area contributed by atoms with Gasteiger partial charge in [0.2, 0.25) is 0 Å². The van der Waals surface area contributed by atoms with E-state index in [1.54, 1.807) is 13.8 Å². The van der Waals surface area contributed by atoms with Crippen LogP contribution in [0.2, 0.25) is 0 Å². The summed E-state index contributed by atoms with van der Waals surface area (Å²) in [7, 11) is -2.47. The third-order valence-corrected chi connectivity index (χ3v) is 8.69. The first-order valence-electron chi connectivity index (χ1n) is 5.86. The van der Waals surface area contributed by atoms with E-state index in [9.17, 15) is 14.3 Å². The van der Waals surface area contributed by atoms with Crippen molar-refractivity contribution in [1.82, 2.24) is 0 Å². The molecule has 0 fully saturated rings. The van der Waals surface area contributed by atoms with Crippen molar-refractivity contribution < 1.29 is 32.0 Å². The molecule has 0 saturated heterocycles. The molecule has 0 bridgehead atoms.